The van der Waals surface area contributed by atoms with E-state index >= 15 is 0 Å². The van der Waals surface area contributed by atoms with Crippen LogP contribution < -0.4 is 26.2 Å². The smallest absolute Gasteiger partial charge is 0.270 e. The van der Waals surface area contributed by atoms with Gasteiger partial charge in [0.25, 0.3) is 11.8 Å². The van der Waals surface area contributed by atoms with Crippen molar-refractivity contribution >= 4 is 46.0 Å². The third-order valence-corrected chi connectivity index (χ3v) is 7.65. The highest BCUT2D eigenvalue weighted by Crippen LogP contribution is 2.25. The summed E-state index contributed by atoms with van der Waals surface area (Å²) in [6, 6.07) is 20.6. The van der Waals surface area contributed by atoms with E-state index in [2.05, 4.69) is 36.3 Å². The van der Waals surface area contributed by atoms with Crippen LogP contribution in [0.15, 0.2) is 90.3 Å². The summed E-state index contributed by atoms with van der Waals surface area (Å²) in [6.07, 6.45) is 7.75. The van der Waals surface area contributed by atoms with Gasteiger partial charge in [0, 0.05) is 53.5 Å². The number of piperidine rings is 1. The molecule has 0 bridgehead atoms. The van der Waals surface area contributed by atoms with Crippen molar-refractivity contribution in [3.05, 3.63) is 90.9 Å². The average molecular weight is 565 g/mol. The zero-order valence-electron chi connectivity index (χ0n) is 23.1. The molecule has 0 radical (unpaired) electrons. The molecule has 214 valence electrons. The van der Waals surface area contributed by atoms with Crippen LogP contribution in [0, 0.1) is 0 Å². The average Bonchev–Trinajstić information content (AvgIpc) is 3.45. The second-order valence-electron chi connectivity index (χ2n) is 10.3. The summed E-state index contributed by atoms with van der Waals surface area (Å²) in [7, 11) is 1.68. The molecule has 2 amide bonds. The van der Waals surface area contributed by atoms with Crippen LogP contribution in [-0.2, 0) is 4.79 Å². The Bertz CT molecular complexity index is 1650. The van der Waals surface area contributed by atoms with Crippen LogP contribution in [-0.4, -0.2) is 64.8 Å². The van der Waals surface area contributed by atoms with Gasteiger partial charge in [-0.1, -0.05) is 0 Å². The molecule has 4 aromatic rings. The number of hydrogen-bond donors (Lipinski definition) is 5. The number of fused-ring (bicyclic) bond motifs is 1. The maximum absolute atomic E-state index is 12.9. The number of nitrogens with zero attached hydrogens (tertiary/aromatic N) is 4. The van der Waals surface area contributed by atoms with Crippen LogP contribution >= 0.6 is 0 Å². The third-order valence-electron chi connectivity index (χ3n) is 7.65. The Morgan fingerprint density at radius 1 is 0.952 bits per heavy atom. The highest BCUT2D eigenvalue weighted by Gasteiger charge is 2.35. The molecule has 0 aliphatic carbocycles. The zero-order chi connectivity index (χ0) is 29.1. The van der Waals surface area contributed by atoms with E-state index in [4.69, 9.17) is 0 Å². The highest BCUT2D eigenvalue weighted by molar-refractivity contribution is 6.10. The zero-order valence-corrected chi connectivity index (χ0v) is 23.1. The van der Waals surface area contributed by atoms with Gasteiger partial charge in [0.2, 0.25) is 5.66 Å². The summed E-state index contributed by atoms with van der Waals surface area (Å²) in [5.74, 6) is -0.477. The summed E-state index contributed by atoms with van der Waals surface area (Å²) < 4.78 is 1.81. The molecule has 3 aromatic carbocycles. The van der Waals surface area contributed by atoms with Crippen LogP contribution in [0.3, 0.4) is 0 Å². The van der Waals surface area contributed by atoms with Gasteiger partial charge in [-0.2, -0.15) is 5.10 Å². The normalized spacial score (nSPS) is 18.6. The minimum absolute atomic E-state index is 0.189. The molecule has 1 aromatic heterocycles. The second kappa shape index (κ2) is 11.5. The quantitative estimate of drug-likeness (QED) is 0.233. The number of carbonyl (C=O) groups is 2. The molecule has 3 heterocycles. The Hall–Kier alpha value is -5.00. The Balaban J connectivity index is 1.11. The molecule has 5 N–H and O–H groups in total. The molecule has 1 atom stereocenters. The maximum Gasteiger partial charge on any atom is 0.270 e. The van der Waals surface area contributed by atoms with E-state index in [1.165, 1.54) is 6.21 Å². The fraction of sp³-hybridized carbons (Fsp3) is 0.226. The summed E-state index contributed by atoms with van der Waals surface area (Å²) in [5, 5.41) is 27.0. The number of carbonyl (C=O) groups excluding carboxylic acids is 2. The summed E-state index contributed by atoms with van der Waals surface area (Å²) >= 11 is 0. The minimum atomic E-state index is -1.12. The SMILES string of the molecule is CNC1(C(=O)Nc2ccc(-n3ncc4cc(NC(=O)c5ccc(N6CCC(O)CC6)cc5)ccc43)cc2)C=NC=CN1. The van der Waals surface area contributed by atoms with Crippen molar-refractivity contribution in [2.24, 2.45) is 4.99 Å². The van der Waals surface area contributed by atoms with E-state index in [0.717, 1.165) is 48.2 Å². The molecule has 2 aliphatic rings. The first-order chi connectivity index (χ1) is 20.4. The van der Waals surface area contributed by atoms with Crippen molar-refractivity contribution < 1.29 is 14.7 Å². The fourth-order valence-corrected chi connectivity index (χ4v) is 5.16. The van der Waals surface area contributed by atoms with Crippen LogP contribution in [0.5, 0.6) is 0 Å². The first-order valence-corrected chi connectivity index (χ1v) is 13.8. The minimum Gasteiger partial charge on any atom is -0.393 e. The molecular weight excluding hydrogens is 532 g/mol. The number of anilines is 3. The van der Waals surface area contributed by atoms with E-state index < -0.39 is 5.66 Å². The molecular formula is C31H32N8O3. The predicted octanol–water partition coefficient (Wildman–Crippen LogP) is 3.24. The summed E-state index contributed by atoms with van der Waals surface area (Å²) in [4.78, 5) is 32.1. The van der Waals surface area contributed by atoms with Crippen LogP contribution in [0.2, 0.25) is 0 Å². The molecule has 0 spiro atoms. The van der Waals surface area contributed by atoms with Gasteiger partial charge in [0.15, 0.2) is 0 Å². The number of likely N-dealkylation sites (N-methyl/N-ethyl adjacent to an activating group) is 1. The van der Waals surface area contributed by atoms with E-state index in [1.54, 1.807) is 30.3 Å². The number of aliphatic hydroxyl groups is 1. The monoisotopic (exact) mass is 564 g/mol. The number of nitrogens with one attached hydrogen (secondary N) is 4. The lowest BCUT2D eigenvalue weighted by Gasteiger charge is -2.31. The first-order valence-electron chi connectivity index (χ1n) is 13.8. The van der Waals surface area contributed by atoms with Crippen LogP contribution in [0.1, 0.15) is 23.2 Å². The largest absolute Gasteiger partial charge is 0.393 e. The molecule has 2 aliphatic heterocycles. The lowest BCUT2D eigenvalue weighted by molar-refractivity contribution is -0.120. The van der Waals surface area contributed by atoms with Gasteiger partial charge < -0.3 is 26.0 Å². The number of rotatable bonds is 7. The Kier molecular flexibility index (Phi) is 7.43. The topological polar surface area (TPSA) is 136 Å². The number of aliphatic hydroxyl groups excluding tert-OH is 1. The highest BCUT2D eigenvalue weighted by atomic mass is 16.3. The van der Waals surface area contributed by atoms with Crippen molar-refractivity contribution in [3.63, 3.8) is 0 Å². The van der Waals surface area contributed by atoms with E-state index in [9.17, 15) is 14.7 Å². The number of benzene rings is 3. The summed E-state index contributed by atoms with van der Waals surface area (Å²) in [5.41, 5.74) is 3.51. The predicted molar refractivity (Wildman–Crippen MR) is 164 cm³/mol. The van der Waals surface area contributed by atoms with E-state index in [1.807, 2.05) is 66.7 Å². The van der Waals surface area contributed by atoms with Crippen molar-refractivity contribution in [1.82, 2.24) is 20.4 Å². The van der Waals surface area contributed by atoms with Crippen molar-refractivity contribution in [3.8, 4) is 5.69 Å². The molecule has 42 heavy (non-hydrogen) atoms. The summed E-state index contributed by atoms with van der Waals surface area (Å²) in [6.45, 7) is 1.62. The molecule has 0 saturated carbocycles. The molecule has 11 heteroatoms. The van der Waals surface area contributed by atoms with Crippen LogP contribution in [0.25, 0.3) is 16.6 Å². The second-order valence-corrected chi connectivity index (χ2v) is 10.3. The van der Waals surface area contributed by atoms with Crippen LogP contribution in [0.4, 0.5) is 17.1 Å². The lowest BCUT2D eigenvalue weighted by Crippen LogP contribution is -2.63. The van der Waals surface area contributed by atoms with Gasteiger partial charge >= 0.3 is 0 Å². The number of hydrogen-bond acceptors (Lipinski definition) is 8. The van der Waals surface area contributed by atoms with E-state index in [0.29, 0.717) is 16.9 Å². The Morgan fingerprint density at radius 3 is 2.36 bits per heavy atom. The van der Waals surface area contributed by atoms with Crippen molar-refractivity contribution in [2.45, 2.75) is 24.6 Å². The number of aromatic nitrogens is 2. The standard InChI is InChI=1S/C31H32N8O3/c1-32-31(20-33-14-15-34-31)30(42)37-23-4-9-26(10-5-23)39-28-11-6-24(18-22(28)19-35-39)36-29(41)21-2-7-25(8-3-21)38-16-12-27(40)13-17-38/h2-11,14-15,18-20,27,32,34,40H,12-13,16-17H2,1H3,(H,36,41)(H,37,42). The van der Waals surface area contributed by atoms with Gasteiger partial charge in [-0.25, -0.2) is 4.68 Å². The molecule has 1 unspecified atom stereocenters. The molecule has 1 fully saturated rings. The van der Waals surface area contributed by atoms with Crippen molar-refractivity contribution in [1.29, 1.82) is 0 Å². The third kappa shape index (κ3) is 5.47. The van der Waals surface area contributed by atoms with E-state index in [-0.39, 0.29) is 17.9 Å². The van der Waals surface area contributed by atoms with Gasteiger partial charge in [-0.15, -0.1) is 0 Å². The molecule has 11 nitrogen and oxygen atoms in total. The first kappa shape index (κ1) is 27.2. The van der Waals surface area contributed by atoms with Gasteiger partial charge in [-0.05, 0) is 86.6 Å². The van der Waals surface area contributed by atoms with Gasteiger partial charge in [0.1, 0.15) is 0 Å². The fourth-order valence-electron chi connectivity index (χ4n) is 5.16. The lowest BCUT2D eigenvalue weighted by atomic mass is 10.1. The molecule has 1 saturated heterocycles. The molecule has 6 rings (SSSR count). The van der Waals surface area contributed by atoms with Gasteiger partial charge in [0.05, 0.1) is 29.7 Å². The van der Waals surface area contributed by atoms with Gasteiger partial charge in [-0.3, -0.25) is 19.9 Å². The Morgan fingerprint density at radius 2 is 1.67 bits per heavy atom. The van der Waals surface area contributed by atoms with Crippen molar-refractivity contribution in [2.75, 3.05) is 35.7 Å². The number of aliphatic imine (C=N–C) groups is 1. The Labute approximate surface area is 242 Å². The number of amides is 2. The maximum atomic E-state index is 12.9.